The number of nitrogens with zero attached hydrogens (tertiary/aromatic N) is 2. The molecule has 0 amide bonds. The first-order chi connectivity index (χ1) is 13.8. The van der Waals surface area contributed by atoms with Crippen LogP contribution in [-0.2, 0) is 6.42 Å². The quantitative estimate of drug-likeness (QED) is 0.570. The van der Waals surface area contributed by atoms with Crippen molar-refractivity contribution >= 4 is 11.3 Å². The standard InChI is InChI=1S/C22H29N3O3S/c1-12(2)6-16-9-19(29-15(16)5)22-24-21(25-28-22)17-7-13(3)20(14(4)8-17)27-11-18(26)10-23/h7-9,12,18,26H,6,10-11,23H2,1-5H3. The molecule has 156 valence electrons. The van der Waals surface area contributed by atoms with Crippen LogP contribution in [0.2, 0.25) is 0 Å². The lowest BCUT2D eigenvalue weighted by molar-refractivity contribution is 0.113. The lowest BCUT2D eigenvalue weighted by atomic mass is 10.0. The summed E-state index contributed by atoms with van der Waals surface area (Å²) in [5, 5.41) is 13.8. The Kier molecular flexibility index (Phi) is 6.72. The molecule has 0 saturated carbocycles. The fourth-order valence-electron chi connectivity index (χ4n) is 3.26. The molecule has 0 bridgehead atoms. The molecule has 0 aliphatic heterocycles. The number of aromatic nitrogens is 2. The summed E-state index contributed by atoms with van der Waals surface area (Å²) < 4.78 is 11.3. The van der Waals surface area contributed by atoms with Crippen molar-refractivity contribution in [1.82, 2.24) is 10.1 Å². The molecular formula is C22H29N3O3S. The van der Waals surface area contributed by atoms with E-state index in [1.807, 2.05) is 26.0 Å². The lowest BCUT2D eigenvalue weighted by Gasteiger charge is -2.15. The maximum absolute atomic E-state index is 9.63. The molecule has 2 heterocycles. The number of thiophene rings is 1. The Hall–Kier alpha value is -2.22. The normalized spacial score (nSPS) is 12.6. The van der Waals surface area contributed by atoms with Crippen LogP contribution in [0.25, 0.3) is 22.2 Å². The van der Waals surface area contributed by atoms with Gasteiger partial charge in [-0.1, -0.05) is 19.0 Å². The van der Waals surface area contributed by atoms with Crippen LogP contribution in [0.1, 0.15) is 35.4 Å². The minimum absolute atomic E-state index is 0.167. The second-order valence-electron chi connectivity index (χ2n) is 7.85. The number of rotatable bonds is 8. The zero-order valence-corrected chi connectivity index (χ0v) is 18.5. The summed E-state index contributed by atoms with van der Waals surface area (Å²) in [4.78, 5) is 6.91. The number of nitrogens with two attached hydrogens (primary N) is 1. The van der Waals surface area contributed by atoms with Crippen LogP contribution in [0.3, 0.4) is 0 Å². The molecule has 0 aliphatic rings. The van der Waals surface area contributed by atoms with Crippen LogP contribution in [0.5, 0.6) is 5.75 Å². The molecule has 0 fully saturated rings. The van der Waals surface area contributed by atoms with E-state index in [9.17, 15) is 5.11 Å². The molecule has 0 spiro atoms. The van der Waals surface area contributed by atoms with E-state index in [4.69, 9.17) is 15.0 Å². The topological polar surface area (TPSA) is 94.4 Å². The van der Waals surface area contributed by atoms with E-state index in [2.05, 4.69) is 37.0 Å². The zero-order chi connectivity index (χ0) is 21.1. The van der Waals surface area contributed by atoms with Gasteiger partial charge in [-0.2, -0.15) is 4.98 Å². The van der Waals surface area contributed by atoms with Crippen LogP contribution in [0, 0.1) is 26.7 Å². The summed E-state index contributed by atoms with van der Waals surface area (Å²) in [5.41, 5.74) is 9.55. The molecule has 29 heavy (non-hydrogen) atoms. The Balaban J connectivity index is 1.83. The van der Waals surface area contributed by atoms with Gasteiger partial charge in [0, 0.05) is 17.0 Å². The zero-order valence-electron chi connectivity index (χ0n) is 17.7. The molecule has 3 rings (SSSR count). The number of benzene rings is 1. The molecule has 3 aromatic rings. The van der Waals surface area contributed by atoms with E-state index in [1.165, 1.54) is 10.4 Å². The van der Waals surface area contributed by atoms with E-state index in [0.29, 0.717) is 17.6 Å². The third kappa shape index (κ3) is 5.04. The molecule has 6 nitrogen and oxygen atoms in total. The van der Waals surface area contributed by atoms with Crippen molar-refractivity contribution in [3.05, 3.63) is 39.8 Å². The van der Waals surface area contributed by atoms with E-state index < -0.39 is 6.10 Å². The molecule has 1 unspecified atom stereocenters. The highest BCUT2D eigenvalue weighted by Crippen LogP contribution is 2.34. The SMILES string of the molecule is Cc1cc(-c2noc(-c3cc(CC(C)C)c(C)s3)n2)cc(C)c1OCC(O)CN. The highest BCUT2D eigenvalue weighted by molar-refractivity contribution is 7.15. The Morgan fingerprint density at radius 2 is 1.86 bits per heavy atom. The summed E-state index contributed by atoms with van der Waals surface area (Å²) in [7, 11) is 0. The molecule has 1 atom stereocenters. The van der Waals surface area contributed by atoms with Gasteiger partial charge in [0.05, 0.1) is 4.88 Å². The smallest absolute Gasteiger partial charge is 0.268 e. The van der Waals surface area contributed by atoms with Crippen molar-refractivity contribution in [3.63, 3.8) is 0 Å². The predicted molar refractivity (Wildman–Crippen MR) is 116 cm³/mol. The van der Waals surface area contributed by atoms with Gasteiger partial charge in [0.25, 0.3) is 5.89 Å². The van der Waals surface area contributed by atoms with Crippen LogP contribution in [0.4, 0.5) is 0 Å². The van der Waals surface area contributed by atoms with Gasteiger partial charge in [-0.25, -0.2) is 0 Å². The molecule has 3 N–H and O–H groups in total. The Bertz CT molecular complexity index is 955. The molecular weight excluding hydrogens is 386 g/mol. The molecule has 7 heteroatoms. The number of hydrogen-bond acceptors (Lipinski definition) is 7. The van der Waals surface area contributed by atoms with E-state index in [1.54, 1.807) is 11.3 Å². The van der Waals surface area contributed by atoms with Gasteiger partial charge < -0.3 is 20.1 Å². The summed E-state index contributed by atoms with van der Waals surface area (Å²) in [6.07, 6.45) is 0.366. The van der Waals surface area contributed by atoms with Crippen LogP contribution in [0.15, 0.2) is 22.7 Å². The number of hydrogen-bond donors (Lipinski definition) is 2. The number of aliphatic hydroxyl groups excluding tert-OH is 1. The summed E-state index contributed by atoms with van der Waals surface area (Å²) in [6.45, 7) is 10.8. The van der Waals surface area contributed by atoms with Gasteiger partial charge >= 0.3 is 0 Å². The first kappa shape index (κ1) is 21.5. The molecule has 0 radical (unpaired) electrons. The maximum Gasteiger partial charge on any atom is 0.268 e. The fourth-order valence-corrected chi connectivity index (χ4v) is 4.24. The Morgan fingerprint density at radius 1 is 1.17 bits per heavy atom. The largest absolute Gasteiger partial charge is 0.490 e. The third-order valence-electron chi connectivity index (χ3n) is 4.70. The van der Waals surface area contributed by atoms with E-state index >= 15 is 0 Å². The minimum Gasteiger partial charge on any atom is -0.490 e. The number of aryl methyl sites for hydroxylation is 3. The van der Waals surface area contributed by atoms with Crippen LogP contribution in [-0.4, -0.2) is 34.5 Å². The first-order valence-corrected chi connectivity index (χ1v) is 10.7. The van der Waals surface area contributed by atoms with Gasteiger partial charge in [-0.05, 0) is 68.0 Å². The van der Waals surface area contributed by atoms with Crippen molar-refractivity contribution in [3.8, 4) is 27.9 Å². The molecule has 0 aliphatic carbocycles. The molecule has 2 aromatic heterocycles. The van der Waals surface area contributed by atoms with Crippen molar-refractivity contribution in [2.75, 3.05) is 13.2 Å². The fraction of sp³-hybridized carbons (Fsp3) is 0.455. The summed E-state index contributed by atoms with van der Waals surface area (Å²) >= 11 is 1.69. The highest BCUT2D eigenvalue weighted by atomic mass is 32.1. The first-order valence-electron chi connectivity index (χ1n) is 9.84. The predicted octanol–water partition coefficient (Wildman–Crippen LogP) is 4.29. The third-order valence-corrected chi connectivity index (χ3v) is 5.78. The van der Waals surface area contributed by atoms with Crippen molar-refractivity contribution in [2.45, 2.75) is 47.1 Å². The van der Waals surface area contributed by atoms with Crippen molar-refractivity contribution < 1.29 is 14.4 Å². The second kappa shape index (κ2) is 9.07. The van der Waals surface area contributed by atoms with Crippen molar-refractivity contribution in [1.29, 1.82) is 0 Å². The number of aliphatic hydroxyl groups is 1. The van der Waals surface area contributed by atoms with Gasteiger partial charge in [0.15, 0.2) is 0 Å². The van der Waals surface area contributed by atoms with E-state index in [-0.39, 0.29) is 13.2 Å². The average molecular weight is 416 g/mol. The lowest BCUT2D eigenvalue weighted by Crippen LogP contribution is -2.26. The highest BCUT2D eigenvalue weighted by Gasteiger charge is 2.17. The van der Waals surface area contributed by atoms with Gasteiger partial charge in [-0.15, -0.1) is 11.3 Å². The van der Waals surface area contributed by atoms with Gasteiger partial charge in [0.1, 0.15) is 18.5 Å². The van der Waals surface area contributed by atoms with Gasteiger partial charge in [-0.3, -0.25) is 0 Å². The van der Waals surface area contributed by atoms with Crippen LogP contribution >= 0.6 is 11.3 Å². The summed E-state index contributed by atoms with van der Waals surface area (Å²) in [6, 6.07) is 6.10. The van der Waals surface area contributed by atoms with E-state index in [0.717, 1.165) is 33.7 Å². The Labute approximate surface area is 175 Å². The van der Waals surface area contributed by atoms with Gasteiger partial charge in [0.2, 0.25) is 5.82 Å². The minimum atomic E-state index is -0.678. The Morgan fingerprint density at radius 3 is 2.48 bits per heavy atom. The van der Waals surface area contributed by atoms with Crippen molar-refractivity contribution in [2.24, 2.45) is 11.7 Å². The average Bonchev–Trinajstić information content (AvgIpc) is 3.27. The van der Waals surface area contributed by atoms with Crippen LogP contribution < -0.4 is 10.5 Å². The monoisotopic (exact) mass is 415 g/mol. The molecule has 1 aromatic carbocycles. The second-order valence-corrected chi connectivity index (χ2v) is 9.11. The molecule has 0 saturated heterocycles. The maximum atomic E-state index is 9.63. The number of ether oxygens (including phenoxy) is 1. The summed E-state index contributed by atoms with van der Waals surface area (Å²) in [5.74, 6) is 2.45.